The molecule has 0 bridgehead atoms. The minimum atomic E-state index is 1.10. The van der Waals surface area contributed by atoms with Gasteiger partial charge >= 0.3 is 0 Å². The molecule has 0 saturated heterocycles. The highest BCUT2D eigenvalue weighted by molar-refractivity contribution is 7.25. The molecule has 56 heavy (non-hydrogen) atoms. The van der Waals surface area contributed by atoms with Gasteiger partial charge in [-0.25, -0.2) is 0 Å². The van der Waals surface area contributed by atoms with E-state index in [0.717, 1.165) is 17.1 Å². The quantitative estimate of drug-likeness (QED) is 0.150. The Morgan fingerprint density at radius 3 is 1.09 bits per heavy atom. The zero-order valence-corrected chi connectivity index (χ0v) is 31.5. The summed E-state index contributed by atoms with van der Waals surface area (Å²) in [7, 11) is 0. The van der Waals surface area contributed by atoms with Crippen molar-refractivity contribution in [3.05, 3.63) is 224 Å². The minimum Gasteiger partial charge on any atom is -0.311 e. The maximum Gasteiger partial charge on any atom is 0.0462 e. The molecule has 0 aliphatic rings. The first-order valence-corrected chi connectivity index (χ1v) is 19.9. The number of rotatable bonds is 8. The van der Waals surface area contributed by atoms with E-state index in [2.05, 4.69) is 229 Å². The summed E-state index contributed by atoms with van der Waals surface area (Å²) in [6.45, 7) is 0. The molecule has 0 aliphatic heterocycles. The Morgan fingerprint density at radius 1 is 0.232 bits per heavy atom. The van der Waals surface area contributed by atoms with Crippen molar-refractivity contribution in [3.63, 3.8) is 0 Å². The van der Waals surface area contributed by atoms with E-state index in [1.165, 1.54) is 75.8 Å². The Kier molecular flexibility index (Phi) is 8.79. The van der Waals surface area contributed by atoms with Crippen molar-refractivity contribution in [3.8, 4) is 55.6 Å². The summed E-state index contributed by atoms with van der Waals surface area (Å²) < 4.78 is 2.66. The first kappa shape index (κ1) is 33.6. The standard InChI is InChI=1S/C54H37NS/c1-3-11-38(12-4-1)40-21-28-48(29-22-40)55(49-30-23-41(24-31-49)44-16-9-15-43(35-44)39-13-5-2-6-14-39)50-32-25-42(26-33-50)45-17-10-18-46(36-45)47-27-34-52-51-19-7-8-20-53(51)56-54(52)37-47/h1-37H. The maximum absolute atomic E-state index is 2.35. The molecule has 1 heterocycles. The molecule has 0 N–H and O–H groups in total. The fourth-order valence-electron chi connectivity index (χ4n) is 7.78. The van der Waals surface area contributed by atoms with Crippen molar-refractivity contribution in [1.29, 1.82) is 0 Å². The molecule has 1 nitrogen and oxygen atoms in total. The molecule has 264 valence electrons. The molecule has 0 radical (unpaired) electrons. The zero-order chi connectivity index (χ0) is 37.3. The van der Waals surface area contributed by atoms with E-state index in [-0.39, 0.29) is 0 Å². The highest BCUT2D eigenvalue weighted by Gasteiger charge is 2.15. The average molecular weight is 732 g/mol. The molecule has 10 aromatic rings. The Balaban J connectivity index is 0.979. The first-order valence-electron chi connectivity index (χ1n) is 19.1. The predicted molar refractivity (Wildman–Crippen MR) is 241 cm³/mol. The van der Waals surface area contributed by atoms with Gasteiger partial charge in [-0.2, -0.15) is 0 Å². The normalized spacial score (nSPS) is 11.2. The van der Waals surface area contributed by atoms with E-state index in [4.69, 9.17) is 0 Å². The van der Waals surface area contributed by atoms with Gasteiger partial charge < -0.3 is 4.90 Å². The van der Waals surface area contributed by atoms with Crippen molar-refractivity contribution < 1.29 is 0 Å². The highest BCUT2D eigenvalue weighted by Crippen LogP contribution is 2.40. The summed E-state index contributed by atoms with van der Waals surface area (Å²) in [5.41, 5.74) is 15.4. The minimum absolute atomic E-state index is 1.10. The largest absolute Gasteiger partial charge is 0.311 e. The molecular formula is C54H37NS. The third-order valence-electron chi connectivity index (χ3n) is 10.7. The smallest absolute Gasteiger partial charge is 0.0462 e. The second-order valence-electron chi connectivity index (χ2n) is 14.2. The van der Waals surface area contributed by atoms with Gasteiger partial charge in [-0.1, -0.05) is 164 Å². The van der Waals surface area contributed by atoms with Crippen LogP contribution in [0, 0.1) is 0 Å². The van der Waals surface area contributed by atoms with Crippen LogP contribution in [-0.2, 0) is 0 Å². The Morgan fingerprint density at radius 2 is 0.571 bits per heavy atom. The number of fused-ring (bicyclic) bond motifs is 3. The van der Waals surface area contributed by atoms with Crippen molar-refractivity contribution >= 4 is 48.6 Å². The van der Waals surface area contributed by atoms with Gasteiger partial charge in [0.1, 0.15) is 0 Å². The van der Waals surface area contributed by atoms with Crippen LogP contribution in [0.1, 0.15) is 0 Å². The number of thiophene rings is 1. The van der Waals surface area contributed by atoms with E-state index in [9.17, 15) is 0 Å². The molecule has 0 fully saturated rings. The van der Waals surface area contributed by atoms with E-state index >= 15 is 0 Å². The van der Waals surface area contributed by atoms with Crippen LogP contribution in [-0.4, -0.2) is 0 Å². The van der Waals surface area contributed by atoms with Gasteiger partial charge in [0.2, 0.25) is 0 Å². The molecule has 0 amide bonds. The SMILES string of the molecule is c1ccc(-c2ccc(N(c3ccc(-c4cccc(-c5ccccc5)c4)cc3)c3ccc(-c4cccc(-c5ccc6c(c5)sc5ccccc56)c4)cc3)cc2)cc1. The number of anilines is 3. The number of hydrogen-bond acceptors (Lipinski definition) is 2. The molecule has 2 heteroatoms. The van der Waals surface area contributed by atoms with Gasteiger partial charge in [0.15, 0.2) is 0 Å². The zero-order valence-electron chi connectivity index (χ0n) is 30.7. The van der Waals surface area contributed by atoms with Crippen molar-refractivity contribution in [2.24, 2.45) is 0 Å². The Labute approximate surface area is 332 Å². The molecular weight excluding hydrogens is 695 g/mol. The van der Waals surface area contributed by atoms with Crippen molar-refractivity contribution in [2.75, 3.05) is 4.90 Å². The van der Waals surface area contributed by atoms with Crippen LogP contribution in [0.5, 0.6) is 0 Å². The summed E-state index contributed by atoms with van der Waals surface area (Å²) in [6, 6.07) is 81.2. The molecule has 1 aromatic heterocycles. The molecule has 0 aliphatic carbocycles. The van der Waals surface area contributed by atoms with Crippen LogP contribution in [0.3, 0.4) is 0 Å². The van der Waals surface area contributed by atoms with Gasteiger partial charge in [-0.15, -0.1) is 11.3 Å². The summed E-state index contributed by atoms with van der Waals surface area (Å²) in [6.07, 6.45) is 0. The summed E-state index contributed by atoms with van der Waals surface area (Å²) in [5, 5.41) is 2.66. The molecule has 0 spiro atoms. The molecule has 10 rings (SSSR count). The summed E-state index contributed by atoms with van der Waals surface area (Å²) in [4.78, 5) is 2.35. The Hall–Kier alpha value is -7.00. The van der Waals surface area contributed by atoms with Gasteiger partial charge in [-0.3, -0.25) is 0 Å². The second-order valence-corrected chi connectivity index (χ2v) is 15.3. The third kappa shape index (κ3) is 6.57. The molecule has 9 aromatic carbocycles. The molecule has 0 saturated carbocycles. The van der Waals surface area contributed by atoms with Crippen LogP contribution in [0.2, 0.25) is 0 Å². The first-order chi connectivity index (χ1) is 27.7. The van der Waals surface area contributed by atoms with Gasteiger partial charge in [0, 0.05) is 37.2 Å². The third-order valence-corrected chi connectivity index (χ3v) is 11.8. The van der Waals surface area contributed by atoms with Crippen LogP contribution < -0.4 is 4.90 Å². The van der Waals surface area contributed by atoms with Crippen molar-refractivity contribution in [2.45, 2.75) is 0 Å². The van der Waals surface area contributed by atoms with Gasteiger partial charge in [0.05, 0.1) is 0 Å². The monoisotopic (exact) mass is 731 g/mol. The maximum atomic E-state index is 2.35. The molecule has 0 unspecified atom stereocenters. The van der Waals surface area contributed by atoms with E-state index in [0.29, 0.717) is 0 Å². The topological polar surface area (TPSA) is 3.24 Å². The fourth-order valence-corrected chi connectivity index (χ4v) is 8.92. The van der Waals surface area contributed by atoms with Gasteiger partial charge in [-0.05, 0) is 116 Å². The van der Waals surface area contributed by atoms with E-state index in [1.54, 1.807) is 0 Å². The van der Waals surface area contributed by atoms with Crippen LogP contribution in [0.15, 0.2) is 224 Å². The lowest BCUT2D eigenvalue weighted by atomic mass is 9.98. The van der Waals surface area contributed by atoms with Crippen LogP contribution in [0.25, 0.3) is 75.8 Å². The van der Waals surface area contributed by atoms with E-state index < -0.39 is 0 Å². The number of hydrogen-bond donors (Lipinski definition) is 0. The summed E-state index contributed by atoms with van der Waals surface area (Å²) >= 11 is 1.87. The number of benzene rings is 9. The lowest BCUT2D eigenvalue weighted by Crippen LogP contribution is -2.09. The van der Waals surface area contributed by atoms with Crippen LogP contribution >= 0.6 is 11.3 Å². The van der Waals surface area contributed by atoms with E-state index in [1.807, 2.05) is 11.3 Å². The van der Waals surface area contributed by atoms with Gasteiger partial charge in [0.25, 0.3) is 0 Å². The Bertz CT molecular complexity index is 2930. The lowest BCUT2D eigenvalue weighted by Gasteiger charge is -2.26. The van der Waals surface area contributed by atoms with Crippen molar-refractivity contribution in [1.82, 2.24) is 0 Å². The second kappa shape index (κ2) is 14.7. The average Bonchev–Trinajstić information content (AvgIpc) is 3.66. The fraction of sp³-hybridized carbons (Fsp3) is 0. The lowest BCUT2D eigenvalue weighted by molar-refractivity contribution is 1.28. The molecule has 0 atom stereocenters. The van der Waals surface area contributed by atoms with Crippen LogP contribution in [0.4, 0.5) is 17.1 Å². The summed E-state index contributed by atoms with van der Waals surface area (Å²) in [5.74, 6) is 0. The highest BCUT2D eigenvalue weighted by atomic mass is 32.1. The predicted octanol–water partition coefficient (Wildman–Crippen LogP) is 15.9. The number of nitrogens with zero attached hydrogens (tertiary/aromatic N) is 1.